The summed E-state index contributed by atoms with van der Waals surface area (Å²) in [4.78, 5) is 14.9. The minimum absolute atomic E-state index is 0.343. The molecule has 0 saturated carbocycles. The first-order valence-electron chi connectivity index (χ1n) is 8.90. The third kappa shape index (κ3) is 4.10. The van der Waals surface area contributed by atoms with E-state index in [0.29, 0.717) is 32.2 Å². The number of halogens is 1. The maximum absolute atomic E-state index is 13.9. The number of aromatic nitrogens is 2. The number of aryl methyl sites for hydroxylation is 3. The first-order valence-corrected chi connectivity index (χ1v) is 8.90. The Labute approximate surface area is 153 Å². The highest BCUT2D eigenvalue weighted by atomic mass is 19.1. The molecule has 3 aromatic rings. The molecule has 1 unspecified atom stereocenters. The van der Waals surface area contributed by atoms with Gasteiger partial charge in [0.2, 0.25) is 6.41 Å². The van der Waals surface area contributed by atoms with E-state index in [1.807, 2.05) is 13.2 Å². The average molecular weight is 353 g/mol. The third-order valence-corrected chi connectivity index (χ3v) is 4.64. The molecule has 0 radical (unpaired) electrons. The van der Waals surface area contributed by atoms with Crippen LogP contribution in [0, 0.1) is 6.92 Å². The monoisotopic (exact) mass is 353 g/mol. The van der Waals surface area contributed by atoms with E-state index in [2.05, 4.69) is 58.3 Å². The van der Waals surface area contributed by atoms with Gasteiger partial charge in [0.05, 0.1) is 11.0 Å². The molecule has 0 bridgehead atoms. The first-order chi connectivity index (χ1) is 12.6. The summed E-state index contributed by atoms with van der Waals surface area (Å²) in [7, 11) is 2.01. The predicted octanol–water partition coefficient (Wildman–Crippen LogP) is 3.96. The Morgan fingerprint density at radius 1 is 1.31 bits per heavy atom. The number of carbonyl (C=O) groups excluding carboxylic acids is 1. The molecular weight excluding hydrogens is 329 g/mol. The van der Waals surface area contributed by atoms with E-state index >= 15 is 0 Å². The van der Waals surface area contributed by atoms with Crippen LogP contribution >= 0.6 is 0 Å². The highest BCUT2D eigenvalue weighted by molar-refractivity contribution is 5.93. The number of nitrogens with zero attached hydrogens (tertiary/aromatic N) is 2. The lowest BCUT2D eigenvalue weighted by Crippen LogP contribution is -2.17. The van der Waals surface area contributed by atoms with Crippen LogP contribution in [0.1, 0.15) is 24.0 Å². The summed E-state index contributed by atoms with van der Waals surface area (Å²) in [6, 6.07) is 10.5. The minimum atomic E-state index is -0.922. The normalized spacial score (nSPS) is 12.3. The van der Waals surface area contributed by atoms with Gasteiger partial charge in [-0.1, -0.05) is 29.8 Å². The lowest BCUT2D eigenvalue weighted by atomic mass is 10.0. The zero-order valence-electron chi connectivity index (χ0n) is 15.2. The second kappa shape index (κ2) is 8.13. The van der Waals surface area contributed by atoms with Crippen LogP contribution in [0.4, 0.5) is 4.39 Å². The largest absolute Gasteiger partial charge is 0.359 e. The van der Waals surface area contributed by atoms with Gasteiger partial charge < -0.3 is 9.88 Å². The molecular formula is C21H24FN3O. The van der Waals surface area contributed by atoms with Gasteiger partial charge in [0.1, 0.15) is 6.17 Å². The summed E-state index contributed by atoms with van der Waals surface area (Å²) in [6.07, 6.45) is 5.03. The smallest absolute Gasteiger partial charge is 0.207 e. The van der Waals surface area contributed by atoms with Gasteiger partial charge in [-0.3, -0.25) is 9.78 Å². The summed E-state index contributed by atoms with van der Waals surface area (Å²) < 4.78 is 16.0. The van der Waals surface area contributed by atoms with E-state index in [-0.39, 0.29) is 0 Å². The van der Waals surface area contributed by atoms with Crippen LogP contribution in [0.15, 0.2) is 42.7 Å². The molecule has 0 aliphatic rings. The van der Waals surface area contributed by atoms with Gasteiger partial charge in [-0.05, 0) is 43.4 Å². The zero-order valence-corrected chi connectivity index (χ0v) is 15.2. The minimum Gasteiger partial charge on any atom is -0.359 e. The van der Waals surface area contributed by atoms with Gasteiger partial charge in [0, 0.05) is 31.5 Å². The van der Waals surface area contributed by atoms with Crippen LogP contribution in [-0.4, -0.2) is 28.7 Å². The van der Waals surface area contributed by atoms with Crippen molar-refractivity contribution >= 4 is 17.4 Å². The number of benzene rings is 1. The molecule has 136 valence electrons. The molecule has 2 aromatic heterocycles. The second-order valence-electron chi connectivity index (χ2n) is 6.73. The zero-order chi connectivity index (χ0) is 18.5. The summed E-state index contributed by atoms with van der Waals surface area (Å²) in [5.41, 5.74) is 6.53. The van der Waals surface area contributed by atoms with Crippen LogP contribution < -0.4 is 5.32 Å². The Bertz CT molecular complexity index is 903. The maximum atomic E-state index is 13.9. The van der Waals surface area contributed by atoms with Crippen molar-refractivity contribution in [3.63, 3.8) is 0 Å². The first kappa shape index (κ1) is 18.1. The van der Waals surface area contributed by atoms with Crippen molar-refractivity contribution in [1.29, 1.82) is 0 Å². The number of amides is 1. The van der Waals surface area contributed by atoms with E-state index in [1.54, 1.807) is 0 Å². The van der Waals surface area contributed by atoms with Gasteiger partial charge in [0.25, 0.3) is 0 Å². The van der Waals surface area contributed by atoms with Crippen LogP contribution in [0.3, 0.4) is 0 Å². The Hall–Kier alpha value is -2.69. The lowest BCUT2D eigenvalue weighted by Gasteiger charge is -2.08. The topological polar surface area (TPSA) is 46.9 Å². The van der Waals surface area contributed by atoms with Crippen LogP contribution in [0.5, 0.6) is 0 Å². The van der Waals surface area contributed by atoms with Crippen LogP contribution in [0.2, 0.25) is 0 Å². The molecule has 5 heteroatoms. The van der Waals surface area contributed by atoms with Crippen molar-refractivity contribution < 1.29 is 9.18 Å². The Kier molecular flexibility index (Phi) is 5.66. The molecule has 0 aliphatic carbocycles. The highest BCUT2D eigenvalue weighted by Gasteiger charge is 2.12. The van der Waals surface area contributed by atoms with Gasteiger partial charge >= 0.3 is 0 Å². The number of nitrogens with one attached hydrogen (secondary N) is 1. The number of pyridine rings is 1. The van der Waals surface area contributed by atoms with Crippen molar-refractivity contribution in [2.75, 3.05) is 6.54 Å². The molecule has 0 saturated heterocycles. The average Bonchev–Trinajstić information content (AvgIpc) is 2.97. The van der Waals surface area contributed by atoms with Crippen molar-refractivity contribution in [1.82, 2.24) is 14.9 Å². The molecule has 1 amide bonds. The number of fused-ring (bicyclic) bond motifs is 1. The van der Waals surface area contributed by atoms with Gasteiger partial charge in [-0.25, -0.2) is 4.39 Å². The van der Waals surface area contributed by atoms with E-state index < -0.39 is 6.17 Å². The SMILES string of the molecule is Cc1cccc(-c2cn(C)c3cc(CCC(F)CCNC=O)cnc23)c1. The number of alkyl halides is 1. The fourth-order valence-corrected chi connectivity index (χ4v) is 3.22. The summed E-state index contributed by atoms with van der Waals surface area (Å²) in [6.45, 7) is 2.46. The summed E-state index contributed by atoms with van der Waals surface area (Å²) in [5.74, 6) is 0. The van der Waals surface area contributed by atoms with Gasteiger partial charge in [0.15, 0.2) is 0 Å². The molecule has 3 rings (SSSR count). The predicted molar refractivity (Wildman–Crippen MR) is 103 cm³/mol. The maximum Gasteiger partial charge on any atom is 0.207 e. The lowest BCUT2D eigenvalue weighted by molar-refractivity contribution is -0.109. The summed E-state index contributed by atoms with van der Waals surface area (Å²) >= 11 is 0. The molecule has 1 atom stereocenters. The Morgan fingerprint density at radius 2 is 2.15 bits per heavy atom. The molecule has 0 aliphatic heterocycles. The molecule has 2 heterocycles. The Morgan fingerprint density at radius 3 is 2.92 bits per heavy atom. The fourth-order valence-electron chi connectivity index (χ4n) is 3.22. The molecule has 1 aromatic carbocycles. The van der Waals surface area contributed by atoms with Crippen molar-refractivity contribution in [3.8, 4) is 11.1 Å². The van der Waals surface area contributed by atoms with E-state index in [9.17, 15) is 9.18 Å². The quantitative estimate of drug-likeness (QED) is 0.492. The number of carbonyl (C=O) groups is 1. The molecule has 0 spiro atoms. The molecule has 26 heavy (non-hydrogen) atoms. The Balaban J connectivity index is 1.77. The second-order valence-corrected chi connectivity index (χ2v) is 6.73. The van der Waals surface area contributed by atoms with Crippen molar-refractivity contribution in [2.45, 2.75) is 32.4 Å². The van der Waals surface area contributed by atoms with E-state index in [0.717, 1.165) is 27.7 Å². The van der Waals surface area contributed by atoms with Gasteiger partial charge in [-0.15, -0.1) is 0 Å². The van der Waals surface area contributed by atoms with E-state index in [1.165, 1.54) is 5.56 Å². The standard InChI is InChI=1S/C21H24FN3O/c1-15-4-3-5-17(10-15)19-13-25(2)20-11-16(12-24-21(19)20)6-7-18(22)8-9-23-14-26/h3-5,10-14,18H,6-9H2,1-2H3,(H,23,26). The van der Waals surface area contributed by atoms with Crippen molar-refractivity contribution in [2.24, 2.45) is 7.05 Å². The number of hydrogen-bond donors (Lipinski definition) is 1. The number of rotatable bonds is 8. The molecule has 4 nitrogen and oxygen atoms in total. The molecule has 0 fully saturated rings. The van der Waals surface area contributed by atoms with Crippen LogP contribution in [-0.2, 0) is 18.3 Å². The highest BCUT2D eigenvalue weighted by Crippen LogP contribution is 2.30. The van der Waals surface area contributed by atoms with E-state index in [4.69, 9.17) is 0 Å². The van der Waals surface area contributed by atoms with Gasteiger partial charge in [-0.2, -0.15) is 0 Å². The summed E-state index contributed by atoms with van der Waals surface area (Å²) in [5, 5.41) is 2.49. The third-order valence-electron chi connectivity index (χ3n) is 4.64. The van der Waals surface area contributed by atoms with Crippen LogP contribution in [0.25, 0.3) is 22.2 Å². The number of hydrogen-bond acceptors (Lipinski definition) is 2. The molecule has 1 N–H and O–H groups in total. The van der Waals surface area contributed by atoms with Crippen molar-refractivity contribution in [3.05, 3.63) is 53.9 Å². The fraction of sp³-hybridized carbons (Fsp3) is 0.333.